The fourth-order valence-corrected chi connectivity index (χ4v) is 2.03. The first-order chi connectivity index (χ1) is 9.33. The van der Waals surface area contributed by atoms with E-state index in [2.05, 4.69) is 20.4 Å². The van der Waals surface area contributed by atoms with Crippen LogP contribution in [0.4, 0.5) is 0 Å². The van der Waals surface area contributed by atoms with Gasteiger partial charge in [-0.3, -0.25) is 4.99 Å². The highest BCUT2D eigenvalue weighted by Crippen LogP contribution is 2.18. The molecule has 1 N–H and O–H groups in total. The van der Waals surface area contributed by atoms with E-state index < -0.39 is 0 Å². The van der Waals surface area contributed by atoms with Crippen LogP contribution in [-0.4, -0.2) is 36.2 Å². The summed E-state index contributed by atoms with van der Waals surface area (Å²) in [5, 5.41) is 7.34. The van der Waals surface area contributed by atoms with Crippen molar-refractivity contribution in [1.29, 1.82) is 0 Å². The summed E-state index contributed by atoms with van der Waals surface area (Å²) in [4.78, 5) is 6.46. The number of likely N-dealkylation sites (N-methyl/N-ethyl adjacent to an activating group) is 1. The summed E-state index contributed by atoms with van der Waals surface area (Å²) in [5.41, 5.74) is 1.92. The van der Waals surface area contributed by atoms with E-state index in [1.807, 2.05) is 43.4 Å². The van der Waals surface area contributed by atoms with Gasteiger partial charge in [-0.25, -0.2) is 0 Å². The van der Waals surface area contributed by atoms with Gasteiger partial charge < -0.3 is 14.7 Å². The molecule has 0 unspecified atom stereocenters. The van der Waals surface area contributed by atoms with Crippen LogP contribution in [-0.2, 0) is 6.54 Å². The Balaban J connectivity index is 1.66. The molecule has 0 radical (unpaired) electrons. The first-order valence-electron chi connectivity index (χ1n) is 6.33. The number of hydrogen-bond donors (Lipinski definition) is 1. The molecule has 1 aliphatic rings. The lowest BCUT2D eigenvalue weighted by atomic mass is 10.1. The maximum atomic E-state index is 5.33. The minimum Gasteiger partial charge on any atom is -0.359 e. The van der Waals surface area contributed by atoms with Crippen LogP contribution in [0.2, 0.25) is 0 Å². The van der Waals surface area contributed by atoms with Crippen LogP contribution in [0.25, 0.3) is 11.3 Å². The van der Waals surface area contributed by atoms with E-state index in [1.165, 1.54) is 0 Å². The zero-order chi connectivity index (χ0) is 13.1. The van der Waals surface area contributed by atoms with Crippen molar-refractivity contribution in [2.45, 2.75) is 6.54 Å². The number of aromatic nitrogens is 1. The van der Waals surface area contributed by atoms with Gasteiger partial charge in [0, 0.05) is 25.2 Å². The Morgan fingerprint density at radius 2 is 2.16 bits per heavy atom. The minimum atomic E-state index is 0.600. The summed E-state index contributed by atoms with van der Waals surface area (Å²) in [6.07, 6.45) is 0. The first kappa shape index (κ1) is 11.8. The SMILES string of the molecule is CN1CCN=C1NCc1cc(-c2ccccc2)no1. The second-order valence-corrected chi connectivity index (χ2v) is 4.52. The highest BCUT2D eigenvalue weighted by molar-refractivity contribution is 5.81. The monoisotopic (exact) mass is 256 g/mol. The molecule has 2 heterocycles. The number of aliphatic imine (C=N–C) groups is 1. The molecular formula is C14H16N4O. The zero-order valence-corrected chi connectivity index (χ0v) is 10.8. The molecule has 1 aromatic heterocycles. The topological polar surface area (TPSA) is 53.7 Å². The molecule has 0 fully saturated rings. The smallest absolute Gasteiger partial charge is 0.194 e. The standard InChI is InChI=1S/C14H16N4O/c1-18-8-7-15-14(18)16-10-12-9-13(17-19-12)11-5-3-2-4-6-11/h2-6,9H,7-8,10H2,1H3,(H,15,16). The third-order valence-electron chi connectivity index (χ3n) is 3.11. The van der Waals surface area contributed by atoms with Gasteiger partial charge in [-0.2, -0.15) is 0 Å². The highest BCUT2D eigenvalue weighted by atomic mass is 16.5. The molecular weight excluding hydrogens is 240 g/mol. The summed E-state index contributed by atoms with van der Waals surface area (Å²) in [7, 11) is 2.02. The Kier molecular flexibility index (Phi) is 3.18. The summed E-state index contributed by atoms with van der Waals surface area (Å²) in [6.45, 7) is 2.42. The largest absolute Gasteiger partial charge is 0.359 e. The van der Waals surface area contributed by atoms with E-state index in [9.17, 15) is 0 Å². The molecule has 2 aromatic rings. The van der Waals surface area contributed by atoms with Crippen molar-refractivity contribution in [3.8, 4) is 11.3 Å². The fourth-order valence-electron chi connectivity index (χ4n) is 2.03. The quantitative estimate of drug-likeness (QED) is 0.908. The van der Waals surface area contributed by atoms with E-state index in [4.69, 9.17) is 4.52 Å². The molecule has 5 heteroatoms. The first-order valence-corrected chi connectivity index (χ1v) is 6.33. The number of rotatable bonds is 3. The van der Waals surface area contributed by atoms with Gasteiger partial charge in [0.15, 0.2) is 11.7 Å². The summed E-state index contributed by atoms with van der Waals surface area (Å²) >= 11 is 0. The third-order valence-corrected chi connectivity index (χ3v) is 3.11. The average molecular weight is 256 g/mol. The van der Waals surface area contributed by atoms with E-state index in [0.29, 0.717) is 6.54 Å². The van der Waals surface area contributed by atoms with Crippen LogP contribution >= 0.6 is 0 Å². The molecule has 1 aromatic carbocycles. The van der Waals surface area contributed by atoms with Crippen LogP contribution in [0, 0.1) is 0 Å². The molecule has 0 atom stereocenters. The van der Waals surface area contributed by atoms with Crippen LogP contribution in [0.3, 0.4) is 0 Å². The zero-order valence-electron chi connectivity index (χ0n) is 10.8. The molecule has 1 aliphatic heterocycles. The van der Waals surface area contributed by atoms with Crippen LogP contribution < -0.4 is 5.32 Å². The van der Waals surface area contributed by atoms with Crippen LogP contribution in [0.15, 0.2) is 45.9 Å². The van der Waals surface area contributed by atoms with E-state index in [0.717, 1.165) is 36.1 Å². The van der Waals surface area contributed by atoms with Gasteiger partial charge in [0.25, 0.3) is 0 Å². The van der Waals surface area contributed by atoms with Gasteiger partial charge >= 0.3 is 0 Å². The van der Waals surface area contributed by atoms with Crippen molar-refractivity contribution >= 4 is 5.96 Å². The van der Waals surface area contributed by atoms with Crippen molar-refractivity contribution in [2.75, 3.05) is 20.1 Å². The predicted molar refractivity (Wildman–Crippen MR) is 73.7 cm³/mol. The van der Waals surface area contributed by atoms with Crippen molar-refractivity contribution < 1.29 is 4.52 Å². The number of nitrogens with one attached hydrogen (secondary N) is 1. The highest BCUT2D eigenvalue weighted by Gasteiger charge is 2.13. The number of guanidine groups is 1. The third kappa shape index (κ3) is 2.59. The van der Waals surface area contributed by atoms with Gasteiger partial charge in [-0.1, -0.05) is 35.5 Å². The lowest BCUT2D eigenvalue weighted by Crippen LogP contribution is -2.34. The fraction of sp³-hybridized carbons (Fsp3) is 0.286. The normalized spacial score (nSPS) is 14.6. The Morgan fingerprint density at radius 1 is 1.32 bits per heavy atom. The minimum absolute atomic E-state index is 0.600. The average Bonchev–Trinajstić information content (AvgIpc) is 3.06. The molecule has 3 rings (SSSR count). The van der Waals surface area contributed by atoms with Crippen molar-refractivity contribution in [3.63, 3.8) is 0 Å². The molecule has 0 aliphatic carbocycles. The lowest BCUT2D eigenvalue weighted by Gasteiger charge is -2.13. The van der Waals surface area contributed by atoms with E-state index in [1.54, 1.807) is 0 Å². The molecule has 0 saturated carbocycles. The maximum Gasteiger partial charge on any atom is 0.194 e. The van der Waals surface area contributed by atoms with Crippen molar-refractivity contribution in [1.82, 2.24) is 15.4 Å². The Labute approximate surface area is 111 Å². The molecule has 0 bridgehead atoms. The van der Waals surface area contributed by atoms with E-state index >= 15 is 0 Å². The number of nitrogens with zero attached hydrogens (tertiary/aromatic N) is 3. The summed E-state index contributed by atoms with van der Waals surface area (Å²) in [5.74, 6) is 1.72. The second kappa shape index (κ2) is 5.14. The van der Waals surface area contributed by atoms with Crippen LogP contribution in [0.1, 0.15) is 5.76 Å². The van der Waals surface area contributed by atoms with Gasteiger partial charge in [0.2, 0.25) is 0 Å². The summed E-state index contributed by atoms with van der Waals surface area (Å²) in [6, 6.07) is 12.0. The van der Waals surface area contributed by atoms with E-state index in [-0.39, 0.29) is 0 Å². The van der Waals surface area contributed by atoms with Crippen molar-refractivity contribution in [3.05, 3.63) is 42.2 Å². The molecule has 0 amide bonds. The molecule has 0 saturated heterocycles. The molecule has 98 valence electrons. The Bertz CT molecular complexity index is 576. The molecule has 5 nitrogen and oxygen atoms in total. The van der Waals surface area contributed by atoms with Gasteiger partial charge in [0.05, 0.1) is 13.1 Å². The lowest BCUT2D eigenvalue weighted by molar-refractivity contribution is 0.380. The Hall–Kier alpha value is -2.30. The Morgan fingerprint density at radius 3 is 2.89 bits per heavy atom. The maximum absolute atomic E-state index is 5.33. The predicted octanol–water partition coefficient (Wildman–Crippen LogP) is 1.73. The van der Waals surface area contributed by atoms with Crippen molar-refractivity contribution in [2.24, 2.45) is 4.99 Å². The summed E-state index contributed by atoms with van der Waals surface area (Å²) < 4.78 is 5.33. The van der Waals surface area contributed by atoms with Gasteiger partial charge in [0.1, 0.15) is 5.69 Å². The number of benzene rings is 1. The van der Waals surface area contributed by atoms with Gasteiger partial charge in [-0.15, -0.1) is 0 Å². The number of hydrogen-bond acceptors (Lipinski definition) is 5. The molecule has 0 spiro atoms. The molecule has 19 heavy (non-hydrogen) atoms. The second-order valence-electron chi connectivity index (χ2n) is 4.52. The van der Waals surface area contributed by atoms with Crippen LogP contribution in [0.5, 0.6) is 0 Å². The van der Waals surface area contributed by atoms with Gasteiger partial charge in [-0.05, 0) is 0 Å².